The van der Waals surface area contributed by atoms with Gasteiger partial charge in [-0.3, -0.25) is 18.2 Å². The molecule has 556 valence electrons. The highest BCUT2D eigenvalue weighted by Gasteiger charge is 2.30. The Bertz CT molecular complexity index is 6380. The second-order valence-electron chi connectivity index (χ2n) is 23.3. The molecule has 10 aromatic carbocycles. The van der Waals surface area contributed by atoms with Crippen molar-refractivity contribution in [3.63, 3.8) is 0 Å². The average molecular weight is 1560 g/mol. The van der Waals surface area contributed by atoms with Gasteiger partial charge in [0.2, 0.25) is 35.7 Å². The zero-order valence-electron chi connectivity index (χ0n) is 55.5. The highest BCUT2D eigenvalue weighted by atomic mass is 32.2. The summed E-state index contributed by atoms with van der Waals surface area (Å²) in [5.74, 6) is -8.93. The lowest BCUT2D eigenvalue weighted by molar-refractivity contribution is 0.0682. The maximum absolute atomic E-state index is 13.2. The van der Waals surface area contributed by atoms with E-state index in [1.165, 1.54) is 49.6 Å². The molecule has 0 saturated heterocycles. The number of benzene rings is 10. The van der Waals surface area contributed by atoms with Crippen molar-refractivity contribution in [3.05, 3.63) is 180 Å². The van der Waals surface area contributed by atoms with Gasteiger partial charge in [0.05, 0.1) is 28.3 Å². The summed E-state index contributed by atoms with van der Waals surface area (Å²) in [5, 5.41) is 106. The lowest BCUT2D eigenvalue weighted by atomic mass is 10.0. The van der Waals surface area contributed by atoms with Gasteiger partial charge < -0.3 is 72.4 Å². The molecule has 0 amide bonds. The van der Waals surface area contributed by atoms with Crippen molar-refractivity contribution in [2.24, 2.45) is 20.5 Å². The molecule has 0 aliphatic carbocycles. The Morgan fingerprint density at radius 3 is 1.11 bits per heavy atom. The fourth-order valence-corrected chi connectivity index (χ4v) is 13.2. The van der Waals surface area contributed by atoms with Crippen molar-refractivity contribution in [2.45, 2.75) is 33.4 Å². The van der Waals surface area contributed by atoms with Gasteiger partial charge in [0, 0.05) is 33.5 Å². The molecule has 0 atom stereocenters. The Morgan fingerprint density at radius 1 is 0.385 bits per heavy atom. The number of carbonyl (C=O) groups is 2. The molecule has 2 aromatic heterocycles. The van der Waals surface area contributed by atoms with Crippen molar-refractivity contribution in [1.82, 2.24) is 29.9 Å². The van der Waals surface area contributed by atoms with Gasteiger partial charge in [-0.2, -0.15) is 63.6 Å². The van der Waals surface area contributed by atoms with Crippen molar-refractivity contribution in [2.75, 3.05) is 39.0 Å². The summed E-state index contributed by atoms with van der Waals surface area (Å²) in [4.78, 5) is 45.8. The molecule has 42 heteroatoms. The molecule has 0 radical (unpaired) electrons. The van der Waals surface area contributed by atoms with Gasteiger partial charge in [-0.15, -0.1) is 20.5 Å². The van der Waals surface area contributed by atoms with Crippen molar-refractivity contribution in [3.8, 4) is 45.6 Å². The number of aromatic nitrogens is 6. The number of aryl methyl sites for hydroxylation is 2. The van der Waals surface area contributed by atoms with E-state index in [2.05, 4.69) is 82.3 Å². The zero-order valence-corrected chi connectivity index (χ0v) is 58.8. The molecule has 0 aliphatic rings. The third-order valence-corrected chi connectivity index (χ3v) is 19.1. The molecule has 0 spiro atoms. The van der Waals surface area contributed by atoms with Crippen LogP contribution in [-0.4, -0.2) is 137 Å². The second kappa shape index (κ2) is 29.2. The fourth-order valence-electron chi connectivity index (χ4n) is 10.8. The minimum atomic E-state index is -5.44. The number of ether oxygens (including phenoxy) is 1. The number of rotatable bonds is 24. The summed E-state index contributed by atoms with van der Waals surface area (Å²) >= 11 is 0. The molecule has 0 aliphatic heterocycles. The predicted molar refractivity (Wildman–Crippen MR) is 391 cm³/mol. The van der Waals surface area contributed by atoms with Crippen molar-refractivity contribution >= 4 is 167 Å². The van der Waals surface area contributed by atoms with E-state index in [-0.39, 0.29) is 57.7 Å². The number of hydrogen-bond acceptors (Lipinski definition) is 32. The van der Waals surface area contributed by atoms with Crippen LogP contribution in [0.25, 0.3) is 32.7 Å². The molecule has 12 rings (SSSR count). The quantitative estimate of drug-likeness (QED) is 0.0152. The summed E-state index contributed by atoms with van der Waals surface area (Å²) < 4.78 is 151. The monoisotopic (exact) mass is 1560 g/mol. The van der Waals surface area contributed by atoms with Gasteiger partial charge in [0.25, 0.3) is 40.5 Å². The van der Waals surface area contributed by atoms with Crippen LogP contribution in [0.5, 0.6) is 34.5 Å². The molecule has 0 bridgehead atoms. The molecular formula is C67H52N16O22S4. The zero-order chi connectivity index (χ0) is 78.3. The van der Waals surface area contributed by atoms with E-state index in [1.807, 2.05) is 0 Å². The predicted octanol–water partition coefficient (Wildman–Crippen LogP) is 12.9. The molecule has 0 fully saturated rings. The van der Waals surface area contributed by atoms with E-state index in [4.69, 9.17) is 4.74 Å². The number of hydrogen-bond donors (Lipinski definition) is 17. The van der Waals surface area contributed by atoms with Crippen LogP contribution in [0.4, 0.5) is 92.6 Å². The lowest BCUT2D eigenvalue weighted by Crippen LogP contribution is -2.09. The number of aromatic carboxylic acids is 2. The van der Waals surface area contributed by atoms with Crippen LogP contribution in [0.2, 0.25) is 0 Å². The number of phenolic OH excluding ortho intramolecular Hbond substituents is 3. The number of aromatic hydroxyl groups is 5. The average Bonchev–Trinajstić information content (AvgIpc) is 0.750. The number of phenols is 5. The molecule has 109 heavy (non-hydrogen) atoms. The maximum atomic E-state index is 13.2. The third kappa shape index (κ3) is 16.8. The van der Waals surface area contributed by atoms with Crippen molar-refractivity contribution < 1.29 is 102 Å². The van der Waals surface area contributed by atoms with Crippen LogP contribution in [0.15, 0.2) is 198 Å². The fraction of sp³-hybridized carbons (Fsp3) is 0.0448. The van der Waals surface area contributed by atoms with Gasteiger partial charge >= 0.3 is 11.9 Å². The number of carboxylic acids is 2. The molecule has 0 saturated carbocycles. The van der Waals surface area contributed by atoms with E-state index in [1.54, 1.807) is 62.4 Å². The molecule has 38 nitrogen and oxygen atoms in total. The minimum Gasteiger partial charge on any atom is -0.507 e. The Balaban J connectivity index is 0.878. The van der Waals surface area contributed by atoms with Crippen LogP contribution in [0, 0.1) is 13.8 Å². The van der Waals surface area contributed by atoms with Crippen LogP contribution in [0.1, 0.15) is 31.8 Å². The molecule has 0 unspecified atom stereocenters. The summed E-state index contributed by atoms with van der Waals surface area (Å²) in [6, 6.07) is 32.9. The number of nitrogens with zero attached hydrogens (tertiary/aromatic N) is 10. The third-order valence-electron chi connectivity index (χ3n) is 15.7. The molecule has 12 aromatic rings. The molecule has 2 heterocycles. The second-order valence-corrected chi connectivity index (χ2v) is 29.0. The number of azo groups is 2. The first kappa shape index (κ1) is 74.8. The van der Waals surface area contributed by atoms with E-state index in [9.17, 15) is 97.2 Å². The number of methoxy groups -OCH3 is 1. The standard InChI is InChI=1S/C67H52N16O22S4/c1-30-6-4-8-36(18-30)68-62-74-64(70-38-12-16-48(84)42(26-38)60(89)90)78-66(76-62)72-46-28-40(106(93,94)95)20-34-24-52(108(99,100)101)56(58(87)54(34)46)82-80-44-14-10-32(22-50(44)86)33-11-15-45(51(23-33)105-3)81-83-57-53(109(102,103)104)25-35-21-41(107(96,97)98)29-47(55(35)59(57)88)73-67-77-63(69-37-9-5-7-31(2)19-37)75-65(79-67)71-39-13-17-49(85)43(27-39)61(91)92/h4-29,84-88H,1-3H3,(H,89,90)(H,91,92)(H,93,94,95)(H,96,97,98)(H,99,100,101)(H,102,103,104)(H3,68,70,72,74,76,78)(H3,69,71,73,75,77,79). The topological polar surface area (TPSA) is 601 Å². The van der Waals surface area contributed by atoms with Gasteiger partial charge in [0.15, 0.2) is 11.5 Å². The minimum absolute atomic E-state index is 0.0442. The number of carboxylic acid groups (broad SMARTS) is 2. The van der Waals surface area contributed by atoms with Gasteiger partial charge in [0.1, 0.15) is 66.7 Å². The number of anilines is 12. The SMILES string of the molecule is COc1cc(-c2ccc(N=Nc3c(S(=O)(=O)O)cc4cc(S(=O)(=O)O)cc(Nc5nc(Nc6cccc(C)c6)nc(Nc6ccc(O)c(C(=O)O)c6)n5)c4c3O)c(O)c2)ccc1N=Nc1c(S(=O)(=O)O)cc2cc(S(=O)(=O)O)cc(Nc3nc(Nc4cccc(C)c4)nc(Nc4ccc(O)c(C(=O)O)c4)n3)c2c1O. The van der Waals surface area contributed by atoms with E-state index >= 15 is 0 Å². The van der Waals surface area contributed by atoms with Crippen LogP contribution < -0.4 is 36.6 Å². The highest BCUT2D eigenvalue weighted by molar-refractivity contribution is 7.86. The van der Waals surface area contributed by atoms with Crippen molar-refractivity contribution in [1.29, 1.82) is 0 Å². The van der Waals surface area contributed by atoms with Crippen LogP contribution >= 0.6 is 0 Å². The first-order valence-electron chi connectivity index (χ1n) is 30.8. The Hall–Kier alpha value is -13.9. The molecule has 17 N–H and O–H groups in total. The first-order valence-corrected chi connectivity index (χ1v) is 36.5. The largest absolute Gasteiger partial charge is 0.507 e. The lowest BCUT2D eigenvalue weighted by Gasteiger charge is -2.16. The summed E-state index contributed by atoms with van der Waals surface area (Å²) in [5.41, 5.74) is -1.36. The summed E-state index contributed by atoms with van der Waals surface area (Å²) in [6.07, 6.45) is 0. The summed E-state index contributed by atoms with van der Waals surface area (Å²) in [7, 11) is -20.0. The Morgan fingerprint density at radius 2 is 0.752 bits per heavy atom. The van der Waals surface area contributed by atoms with E-state index in [0.29, 0.717) is 23.5 Å². The Labute approximate surface area is 613 Å². The van der Waals surface area contributed by atoms with E-state index < -0.39 is 174 Å². The van der Waals surface area contributed by atoms with Crippen LogP contribution in [0.3, 0.4) is 0 Å². The molecular weight excluding hydrogens is 1510 g/mol. The summed E-state index contributed by atoms with van der Waals surface area (Å²) in [6.45, 7) is 3.60. The van der Waals surface area contributed by atoms with Crippen LogP contribution in [-0.2, 0) is 40.5 Å². The van der Waals surface area contributed by atoms with E-state index in [0.717, 1.165) is 65.7 Å². The first-order chi connectivity index (χ1) is 51.4. The number of nitrogens with one attached hydrogen (secondary N) is 6. The maximum Gasteiger partial charge on any atom is 0.339 e. The van der Waals surface area contributed by atoms with Gasteiger partial charge in [-0.05, 0) is 168 Å². The van der Waals surface area contributed by atoms with Gasteiger partial charge in [-0.1, -0.05) is 36.4 Å². The number of fused-ring (bicyclic) bond motifs is 2. The Kier molecular flexibility index (Phi) is 20.1. The smallest absolute Gasteiger partial charge is 0.339 e. The van der Waals surface area contributed by atoms with Gasteiger partial charge in [-0.25, -0.2) is 9.59 Å². The normalized spacial score (nSPS) is 12.0. The highest BCUT2D eigenvalue weighted by Crippen LogP contribution is 2.49.